The van der Waals surface area contributed by atoms with Crippen LogP contribution in [-0.2, 0) is 6.42 Å². The monoisotopic (exact) mass is 331 g/mol. The quantitative estimate of drug-likeness (QED) is 0.768. The second-order valence-corrected chi connectivity index (χ2v) is 5.65. The molecule has 0 aliphatic carbocycles. The van der Waals surface area contributed by atoms with Crippen LogP contribution in [0.3, 0.4) is 0 Å². The lowest BCUT2D eigenvalue weighted by atomic mass is 10.1. The van der Waals surface area contributed by atoms with Crippen molar-refractivity contribution in [3.63, 3.8) is 0 Å². The molecule has 2 aromatic rings. The first-order valence-electron chi connectivity index (χ1n) is 7.78. The summed E-state index contributed by atoms with van der Waals surface area (Å²) < 4.78 is 12.8. The highest BCUT2D eigenvalue weighted by molar-refractivity contribution is 5.91. The Hall–Kier alpha value is -2.54. The molecule has 0 fully saturated rings. The van der Waals surface area contributed by atoms with Crippen molar-refractivity contribution in [2.24, 2.45) is 0 Å². The van der Waals surface area contributed by atoms with Gasteiger partial charge in [0.2, 0.25) is 0 Å². The van der Waals surface area contributed by atoms with Crippen molar-refractivity contribution in [1.29, 1.82) is 0 Å². The Kier molecular flexibility index (Phi) is 6.62. The molecule has 0 aliphatic heterocycles. The number of benzene rings is 1. The van der Waals surface area contributed by atoms with Crippen molar-refractivity contribution >= 4 is 11.7 Å². The zero-order valence-corrected chi connectivity index (χ0v) is 13.9. The number of hydrogen-bond acceptors (Lipinski definition) is 5. The van der Waals surface area contributed by atoms with Crippen LogP contribution in [0.15, 0.2) is 36.7 Å². The number of amides is 1. The van der Waals surface area contributed by atoms with E-state index < -0.39 is 0 Å². The van der Waals surface area contributed by atoms with Gasteiger partial charge in [0.25, 0.3) is 5.91 Å². The van der Waals surface area contributed by atoms with E-state index in [1.54, 1.807) is 18.3 Å². The van der Waals surface area contributed by atoms with Gasteiger partial charge >= 0.3 is 0 Å². The molecule has 0 radical (unpaired) electrons. The van der Waals surface area contributed by atoms with Crippen LogP contribution < -0.4 is 10.6 Å². The van der Waals surface area contributed by atoms with Gasteiger partial charge in [0.15, 0.2) is 0 Å². The van der Waals surface area contributed by atoms with Gasteiger partial charge in [0.05, 0.1) is 12.4 Å². The maximum atomic E-state index is 12.8. The Bertz CT molecular complexity index is 643. The first-order valence-corrected chi connectivity index (χ1v) is 7.78. The Morgan fingerprint density at radius 2 is 1.88 bits per heavy atom. The summed E-state index contributed by atoms with van der Waals surface area (Å²) >= 11 is 0. The fraction of sp³-hybridized carbons (Fsp3) is 0.353. The lowest BCUT2D eigenvalue weighted by Gasteiger charge is -2.10. The smallest absolute Gasteiger partial charge is 0.271 e. The Balaban J connectivity index is 1.76. The maximum Gasteiger partial charge on any atom is 0.271 e. The number of hydrogen-bond donors (Lipinski definition) is 2. The molecule has 7 heteroatoms. The minimum absolute atomic E-state index is 0.266. The molecule has 24 heavy (non-hydrogen) atoms. The average Bonchev–Trinajstić information content (AvgIpc) is 2.57. The molecule has 128 valence electrons. The summed E-state index contributed by atoms with van der Waals surface area (Å²) in [6.45, 7) is 2.09. The first-order chi connectivity index (χ1) is 11.5. The van der Waals surface area contributed by atoms with Gasteiger partial charge in [-0.25, -0.2) is 14.4 Å². The lowest BCUT2D eigenvalue weighted by molar-refractivity contribution is 0.0949. The van der Waals surface area contributed by atoms with E-state index in [-0.39, 0.29) is 17.4 Å². The topological polar surface area (TPSA) is 70.2 Å². The Morgan fingerprint density at radius 3 is 2.50 bits per heavy atom. The molecule has 0 bridgehead atoms. The van der Waals surface area contributed by atoms with Crippen molar-refractivity contribution in [2.75, 3.05) is 39.0 Å². The number of aromatic nitrogens is 2. The molecule has 2 N–H and O–H groups in total. The van der Waals surface area contributed by atoms with E-state index in [4.69, 9.17) is 0 Å². The summed E-state index contributed by atoms with van der Waals surface area (Å²) in [5, 5.41) is 5.91. The molecule has 6 nitrogen and oxygen atoms in total. The van der Waals surface area contributed by atoms with Gasteiger partial charge in [-0.05, 0) is 38.2 Å². The van der Waals surface area contributed by atoms with Crippen LogP contribution in [0.25, 0.3) is 0 Å². The minimum atomic E-state index is -0.274. The van der Waals surface area contributed by atoms with Crippen LogP contribution in [0.1, 0.15) is 16.1 Å². The number of carbonyl (C=O) groups excluding carboxylic acids is 1. The molecule has 0 unspecified atom stereocenters. The highest BCUT2D eigenvalue weighted by atomic mass is 19.1. The molecule has 1 aromatic carbocycles. The molecule has 1 aromatic heterocycles. The van der Waals surface area contributed by atoms with Gasteiger partial charge in [0.1, 0.15) is 17.3 Å². The van der Waals surface area contributed by atoms with Crippen molar-refractivity contribution in [1.82, 2.24) is 20.2 Å². The van der Waals surface area contributed by atoms with Crippen LogP contribution in [0.4, 0.5) is 10.2 Å². The number of anilines is 1. The largest absolute Gasteiger partial charge is 0.368 e. The Morgan fingerprint density at radius 1 is 1.12 bits per heavy atom. The maximum absolute atomic E-state index is 12.8. The van der Waals surface area contributed by atoms with Crippen LogP contribution in [-0.4, -0.2) is 54.5 Å². The summed E-state index contributed by atoms with van der Waals surface area (Å²) in [7, 11) is 3.99. The fourth-order valence-electron chi connectivity index (χ4n) is 2.01. The standard InChI is InChI=1S/C17H22FN5O/c1-23(2)10-9-19-16-12-21-15(11-22-16)17(24)20-8-7-13-3-5-14(18)6-4-13/h3-6,11-12H,7-10H2,1-2H3,(H,19,22)(H,20,24). The number of carbonyl (C=O) groups is 1. The van der Waals surface area contributed by atoms with Gasteiger partial charge < -0.3 is 15.5 Å². The Labute approximate surface area is 141 Å². The molecule has 2 rings (SSSR count). The van der Waals surface area contributed by atoms with E-state index >= 15 is 0 Å². The van der Waals surface area contributed by atoms with Crippen LogP contribution in [0, 0.1) is 5.82 Å². The van der Waals surface area contributed by atoms with Gasteiger partial charge in [-0.2, -0.15) is 0 Å². The van der Waals surface area contributed by atoms with Crippen molar-refractivity contribution in [2.45, 2.75) is 6.42 Å². The molecular weight excluding hydrogens is 309 g/mol. The van der Waals surface area contributed by atoms with Gasteiger partial charge in [-0.3, -0.25) is 4.79 Å². The van der Waals surface area contributed by atoms with E-state index in [0.717, 1.165) is 18.7 Å². The molecule has 0 saturated heterocycles. The molecule has 1 heterocycles. The van der Waals surface area contributed by atoms with Gasteiger partial charge in [0, 0.05) is 19.6 Å². The third kappa shape index (κ3) is 5.92. The predicted octanol–water partition coefficient (Wildman–Crippen LogP) is 1.56. The number of halogens is 1. The molecule has 1 amide bonds. The number of likely N-dealkylation sites (N-methyl/N-ethyl adjacent to an activating group) is 1. The summed E-state index contributed by atoms with van der Waals surface area (Å²) in [4.78, 5) is 22.4. The predicted molar refractivity (Wildman–Crippen MR) is 91.5 cm³/mol. The molecular formula is C17H22FN5O. The van der Waals surface area contributed by atoms with Crippen LogP contribution >= 0.6 is 0 Å². The fourth-order valence-corrected chi connectivity index (χ4v) is 2.01. The third-order valence-electron chi connectivity index (χ3n) is 3.36. The first kappa shape index (κ1) is 17.8. The zero-order chi connectivity index (χ0) is 17.4. The second kappa shape index (κ2) is 8.93. The zero-order valence-electron chi connectivity index (χ0n) is 13.9. The van der Waals surface area contributed by atoms with Gasteiger partial charge in [-0.15, -0.1) is 0 Å². The van der Waals surface area contributed by atoms with Crippen molar-refractivity contribution in [3.8, 4) is 0 Å². The van der Waals surface area contributed by atoms with E-state index in [0.29, 0.717) is 18.8 Å². The summed E-state index contributed by atoms with van der Waals surface area (Å²) in [6.07, 6.45) is 3.62. The molecule has 0 aliphatic rings. The third-order valence-corrected chi connectivity index (χ3v) is 3.36. The summed E-state index contributed by atoms with van der Waals surface area (Å²) in [5.74, 6) is 0.0986. The van der Waals surface area contributed by atoms with E-state index in [2.05, 4.69) is 25.5 Å². The second-order valence-electron chi connectivity index (χ2n) is 5.65. The summed E-state index contributed by atoms with van der Waals surface area (Å²) in [6, 6.07) is 6.22. The number of nitrogens with zero attached hydrogens (tertiary/aromatic N) is 3. The molecule has 0 saturated carbocycles. The SMILES string of the molecule is CN(C)CCNc1cnc(C(=O)NCCc2ccc(F)cc2)cn1. The highest BCUT2D eigenvalue weighted by Gasteiger charge is 2.07. The van der Waals surface area contributed by atoms with Crippen LogP contribution in [0.5, 0.6) is 0 Å². The minimum Gasteiger partial charge on any atom is -0.368 e. The van der Waals surface area contributed by atoms with E-state index in [1.165, 1.54) is 18.3 Å². The number of nitrogens with one attached hydrogen (secondary N) is 2. The van der Waals surface area contributed by atoms with Crippen LogP contribution in [0.2, 0.25) is 0 Å². The van der Waals surface area contributed by atoms with Gasteiger partial charge in [-0.1, -0.05) is 12.1 Å². The highest BCUT2D eigenvalue weighted by Crippen LogP contribution is 2.04. The number of rotatable bonds is 8. The normalized spacial score (nSPS) is 10.7. The molecule has 0 atom stereocenters. The van der Waals surface area contributed by atoms with Crippen molar-refractivity contribution in [3.05, 3.63) is 53.7 Å². The molecule has 0 spiro atoms. The lowest BCUT2D eigenvalue weighted by Crippen LogP contribution is -2.27. The summed E-state index contributed by atoms with van der Waals surface area (Å²) in [5.41, 5.74) is 1.23. The van der Waals surface area contributed by atoms with E-state index in [9.17, 15) is 9.18 Å². The van der Waals surface area contributed by atoms with Crippen molar-refractivity contribution < 1.29 is 9.18 Å². The average molecular weight is 331 g/mol. The van der Waals surface area contributed by atoms with E-state index in [1.807, 2.05) is 14.1 Å².